The number of carbonyl (C=O) groups is 2. The lowest BCUT2D eigenvalue weighted by molar-refractivity contribution is -0.119. The highest BCUT2D eigenvalue weighted by molar-refractivity contribution is 5.95. The molecule has 0 unspecified atom stereocenters. The van der Waals surface area contributed by atoms with Crippen LogP contribution in [0.1, 0.15) is 60.0 Å². The van der Waals surface area contributed by atoms with Gasteiger partial charge in [-0.25, -0.2) is 10.2 Å². The van der Waals surface area contributed by atoms with Crippen LogP contribution in [-0.4, -0.2) is 65.8 Å². The van der Waals surface area contributed by atoms with Crippen LogP contribution in [-0.2, 0) is 9.53 Å². The monoisotopic (exact) mass is 556 g/mol. The highest BCUT2D eigenvalue weighted by atomic mass is 16.5. The fourth-order valence-electron chi connectivity index (χ4n) is 4.79. The van der Waals surface area contributed by atoms with Crippen LogP contribution in [0.4, 0.5) is 23.5 Å². The Morgan fingerprint density at radius 1 is 0.829 bits per heavy atom. The van der Waals surface area contributed by atoms with Crippen molar-refractivity contribution in [3.05, 3.63) is 65.2 Å². The largest absolute Gasteiger partial charge is 0.452 e. The van der Waals surface area contributed by atoms with Crippen molar-refractivity contribution in [2.24, 2.45) is 5.10 Å². The number of rotatable bonds is 9. The predicted molar refractivity (Wildman–Crippen MR) is 160 cm³/mol. The topological polar surface area (TPSA) is 125 Å². The zero-order valence-corrected chi connectivity index (χ0v) is 23.4. The molecule has 2 aromatic carbocycles. The molecule has 2 N–H and O–H groups in total. The summed E-state index contributed by atoms with van der Waals surface area (Å²) < 4.78 is 5.16. The quantitative estimate of drug-likeness (QED) is 0.224. The number of hydrogen-bond acceptors (Lipinski definition) is 10. The first-order chi connectivity index (χ1) is 20.0. The molecule has 0 atom stereocenters. The van der Waals surface area contributed by atoms with E-state index in [2.05, 4.69) is 35.6 Å². The lowest BCUT2D eigenvalue weighted by Gasteiger charge is -2.30. The van der Waals surface area contributed by atoms with Crippen LogP contribution in [0.15, 0.2) is 53.6 Å². The Balaban J connectivity index is 1.17. The van der Waals surface area contributed by atoms with Crippen LogP contribution >= 0.6 is 0 Å². The first kappa shape index (κ1) is 28.0. The molecule has 0 saturated carbocycles. The van der Waals surface area contributed by atoms with Gasteiger partial charge in [0.05, 0.1) is 11.8 Å². The van der Waals surface area contributed by atoms with Crippen molar-refractivity contribution in [1.82, 2.24) is 15.0 Å². The minimum atomic E-state index is -0.577. The van der Waals surface area contributed by atoms with E-state index in [1.54, 1.807) is 42.6 Å². The van der Waals surface area contributed by atoms with Gasteiger partial charge in [0, 0.05) is 31.9 Å². The molecular formula is C30H36N8O3. The number of nitrogens with one attached hydrogen (secondary N) is 2. The van der Waals surface area contributed by atoms with E-state index < -0.39 is 11.9 Å². The van der Waals surface area contributed by atoms with E-state index in [1.807, 2.05) is 19.1 Å². The van der Waals surface area contributed by atoms with Gasteiger partial charge in [0.2, 0.25) is 17.8 Å². The molecule has 2 aliphatic heterocycles. The number of amides is 1. The summed E-state index contributed by atoms with van der Waals surface area (Å²) in [5, 5.41) is 7.04. The van der Waals surface area contributed by atoms with Crippen LogP contribution in [0.5, 0.6) is 0 Å². The molecule has 11 nitrogen and oxygen atoms in total. The molecule has 11 heteroatoms. The van der Waals surface area contributed by atoms with Crippen molar-refractivity contribution in [3.63, 3.8) is 0 Å². The van der Waals surface area contributed by atoms with Crippen molar-refractivity contribution in [2.75, 3.05) is 53.3 Å². The summed E-state index contributed by atoms with van der Waals surface area (Å²) in [5.41, 5.74) is 5.82. The molecule has 5 rings (SSSR count). The summed E-state index contributed by atoms with van der Waals surface area (Å²) in [6, 6.07) is 14.1. The van der Waals surface area contributed by atoms with E-state index in [0.717, 1.165) is 63.0 Å². The van der Waals surface area contributed by atoms with Gasteiger partial charge >= 0.3 is 5.97 Å². The molecule has 41 heavy (non-hydrogen) atoms. The second-order valence-corrected chi connectivity index (χ2v) is 10.3. The van der Waals surface area contributed by atoms with Gasteiger partial charge in [0.1, 0.15) is 0 Å². The summed E-state index contributed by atoms with van der Waals surface area (Å²) in [5.74, 6) is 0.803. The third-order valence-electron chi connectivity index (χ3n) is 7.08. The minimum Gasteiger partial charge on any atom is -0.452 e. The average Bonchev–Trinajstić information content (AvgIpc) is 3.02. The van der Waals surface area contributed by atoms with E-state index in [0.29, 0.717) is 29.1 Å². The second kappa shape index (κ2) is 13.7. The van der Waals surface area contributed by atoms with E-state index in [4.69, 9.17) is 9.72 Å². The van der Waals surface area contributed by atoms with Gasteiger partial charge in [0.15, 0.2) is 6.61 Å². The number of piperidine rings is 2. The van der Waals surface area contributed by atoms with Crippen molar-refractivity contribution in [3.8, 4) is 0 Å². The van der Waals surface area contributed by atoms with E-state index >= 15 is 0 Å². The number of anilines is 4. The number of ether oxygens (including phenoxy) is 1. The molecule has 3 heterocycles. The standard InChI is InChI=1S/C30H36N8O3/c1-22-8-14-25(15-9-22)32-26(39)21-41-27(40)24-12-10-23(11-13-24)20-31-36-28-33-29(37-16-4-2-5-17-37)35-30(34-28)38-18-6-3-7-19-38/h8-15,20H,2-7,16-19,21H2,1H3,(H,32,39)(H,33,34,35,36)/b31-20+. The van der Waals surface area contributed by atoms with Crippen molar-refractivity contribution in [1.29, 1.82) is 0 Å². The molecule has 1 amide bonds. The summed E-state index contributed by atoms with van der Waals surface area (Å²) in [7, 11) is 0. The number of benzene rings is 2. The number of hydrazone groups is 1. The summed E-state index contributed by atoms with van der Waals surface area (Å²) in [6.45, 7) is 5.37. The molecule has 0 bridgehead atoms. The van der Waals surface area contributed by atoms with Gasteiger partial charge in [-0.15, -0.1) is 0 Å². The highest BCUT2D eigenvalue weighted by Gasteiger charge is 2.20. The van der Waals surface area contributed by atoms with Crippen molar-refractivity contribution >= 4 is 41.6 Å². The van der Waals surface area contributed by atoms with Crippen LogP contribution in [0, 0.1) is 6.92 Å². The molecule has 0 radical (unpaired) electrons. The molecule has 2 saturated heterocycles. The number of hydrogen-bond donors (Lipinski definition) is 2. The molecule has 0 aliphatic carbocycles. The molecule has 0 spiro atoms. The third kappa shape index (κ3) is 8.00. The molecule has 1 aromatic heterocycles. The maximum atomic E-state index is 12.4. The minimum absolute atomic E-state index is 0.341. The van der Waals surface area contributed by atoms with Gasteiger partial charge < -0.3 is 19.9 Å². The van der Waals surface area contributed by atoms with E-state index in [1.165, 1.54) is 12.8 Å². The molecule has 2 aliphatic rings. The van der Waals surface area contributed by atoms with E-state index in [-0.39, 0.29) is 6.61 Å². The normalized spacial score (nSPS) is 15.5. The maximum absolute atomic E-state index is 12.4. The van der Waals surface area contributed by atoms with Gasteiger partial charge in [-0.3, -0.25) is 4.79 Å². The third-order valence-corrected chi connectivity index (χ3v) is 7.08. The Bertz CT molecular complexity index is 1310. The molecular weight excluding hydrogens is 520 g/mol. The zero-order chi connectivity index (χ0) is 28.4. The Labute approximate surface area is 240 Å². The first-order valence-corrected chi connectivity index (χ1v) is 14.2. The maximum Gasteiger partial charge on any atom is 0.338 e. The van der Waals surface area contributed by atoms with Gasteiger partial charge in [-0.1, -0.05) is 29.8 Å². The first-order valence-electron chi connectivity index (χ1n) is 14.2. The molecule has 2 fully saturated rings. The smallest absolute Gasteiger partial charge is 0.338 e. The van der Waals surface area contributed by atoms with Gasteiger partial charge in [0.25, 0.3) is 5.91 Å². The van der Waals surface area contributed by atoms with Crippen LogP contribution in [0.3, 0.4) is 0 Å². The fraction of sp³-hybridized carbons (Fsp3) is 0.400. The van der Waals surface area contributed by atoms with Crippen molar-refractivity contribution in [2.45, 2.75) is 45.4 Å². The van der Waals surface area contributed by atoms with Gasteiger partial charge in [-0.05, 0) is 75.3 Å². The lowest BCUT2D eigenvalue weighted by Crippen LogP contribution is -2.34. The highest BCUT2D eigenvalue weighted by Crippen LogP contribution is 2.22. The van der Waals surface area contributed by atoms with Crippen molar-refractivity contribution < 1.29 is 14.3 Å². The predicted octanol–water partition coefficient (Wildman–Crippen LogP) is 4.40. The Morgan fingerprint density at radius 2 is 1.41 bits per heavy atom. The number of carbonyl (C=O) groups excluding carboxylic acids is 2. The number of aromatic nitrogens is 3. The number of aryl methyl sites for hydroxylation is 1. The summed E-state index contributed by atoms with van der Waals surface area (Å²) >= 11 is 0. The second-order valence-electron chi connectivity index (χ2n) is 10.3. The molecule has 214 valence electrons. The summed E-state index contributed by atoms with van der Waals surface area (Å²) in [4.78, 5) is 43.0. The number of esters is 1. The van der Waals surface area contributed by atoms with Crippen LogP contribution in [0.25, 0.3) is 0 Å². The summed E-state index contributed by atoms with van der Waals surface area (Å²) in [6.07, 6.45) is 8.64. The van der Waals surface area contributed by atoms with Crippen LogP contribution < -0.4 is 20.5 Å². The Kier molecular flexibility index (Phi) is 9.35. The molecule has 3 aromatic rings. The lowest BCUT2D eigenvalue weighted by atomic mass is 10.1. The number of nitrogens with zero attached hydrogens (tertiary/aromatic N) is 6. The fourth-order valence-corrected chi connectivity index (χ4v) is 4.79. The van der Waals surface area contributed by atoms with Gasteiger partial charge in [-0.2, -0.15) is 20.1 Å². The Hall–Kier alpha value is -4.54. The van der Waals surface area contributed by atoms with E-state index in [9.17, 15) is 9.59 Å². The van der Waals surface area contributed by atoms with Crippen LogP contribution in [0.2, 0.25) is 0 Å². The zero-order valence-electron chi connectivity index (χ0n) is 23.4. The Morgan fingerprint density at radius 3 is 2.00 bits per heavy atom. The average molecular weight is 557 g/mol. The SMILES string of the molecule is Cc1ccc(NC(=O)COC(=O)c2ccc(/C=N/Nc3nc(N4CCCCC4)nc(N4CCCCC4)n3)cc2)cc1.